The Labute approximate surface area is 270 Å². The smallest absolute Gasteiger partial charge is 0.264 e. The lowest BCUT2D eigenvalue weighted by molar-refractivity contribution is -0.119. The van der Waals surface area contributed by atoms with Crippen molar-refractivity contribution in [3.05, 3.63) is 115 Å². The molecule has 4 aromatic rings. The number of anilines is 1. The van der Waals surface area contributed by atoms with Crippen LogP contribution in [0.4, 0.5) is 5.69 Å². The highest BCUT2D eigenvalue weighted by atomic mass is 79.9. The van der Waals surface area contributed by atoms with Gasteiger partial charge in [0.1, 0.15) is 13.2 Å². The number of hydrazone groups is 1. The monoisotopic (exact) mass is 753 g/mol. The van der Waals surface area contributed by atoms with E-state index in [4.69, 9.17) is 32.7 Å². The normalized spacial score (nSPS) is 11.4. The Kier molecular flexibility index (Phi) is 10.9. The van der Waals surface area contributed by atoms with Gasteiger partial charge < -0.3 is 9.47 Å². The first-order valence-electron chi connectivity index (χ1n) is 12.2. The van der Waals surface area contributed by atoms with Gasteiger partial charge >= 0.3 is 0 Å². The summed E-state index contributed by atoms with van der Waals surface area (Å²) in [5.41, 5.74) is 4.04. The summed E-state index contributed by atoms with van der Waals surface area (Å²) >= 11 is 19.1. The molecule has 1 N–H and O–H groups in total. The zero-order valence-electron chi connectivity index (χ0n) is 21.9. The fourth-order valence-electron chi connectivity index (χ4n) is 3.75. The number of carbonyl (C=O) groups is 1. The summed E-state index contributed by atoms with van der Waals surface area (Å²) < 4.78 is 40.6. The molecular formula is C29H23Br2Cl2N3O5S. The summed E-state index contributed by atoms with van der Waals surface area (Å²) in [6.07, 6.45) is 1.40. The zero-order valence-corrected chi connectivity index (χ0v) is 27.4. The van der Waals surface area contributed by atoms with Gasteiger partial charge in [-0.2, -0.15) is 5.10 Å². The standard InChI is InChI=1S/C29H23Br2Cl2N3O5S/c1-40-27-13-19(12-25(31)29(27)41-18-20-10-11-22(32)15-26(20)33)16-34-35-28(37)17-36(23-7-5-6-21(30)14-23)42(38,39)24-8-3-2-4-9-24/h2-16H,17-18H2,1H3,(H,35,37). The number of hydrogen-bond acceptors (Lipinski definition) is 6. The number of halogens is 4. The van der Waals surface area contributed by atoms with Crippen LogP contribution in [0.1, 0.15) is 11.1 Å². The van der Waals surface area contributed by atoms with Gasteiger partial charge in [-0.05, 0) is 76.1 Å². The van der Waals surface area contributed by atoms with Crippen LogP contribution in [0, 0.1) is 0 Å². The maximum Gasteiger partial charge on any atom is 0.264 e. The van der Waals surface area contributed by atoms with E-state index in [0.29, 0.717) is 41.7 Å². The fourth-order valence-corrected chi connectivity index (χ4v) is 6.61. The maximum atomic E-state index is 13.4. The Bertz CT molecular complexity index is 1720. The molecule has 8 nitrogen and oxygen atoms in total. The number of hydrogen-bond donors (Lipinski definition) is 1. The molecule has 0 radical (unpaired) electrons. The lowest BCUT2D eigenvalue weighted by Crippen LogP contribution is -2.39. The maximum absolute atomic E-state index is 13.4. The van der Waals surface area contributed by atoms with Gasteiger partial charge in [-0.25, -0.2) is 13.8 Å². The van der Waals surface area contributed by atoms with Crippen LogP contribution in [0.25, 0.3) is 0 Å². The molecule has 0 saturated heterocycles. The van der Waals surface area contributed by atoms with Crippen molar-refractivity contribution in [2.45, 2.75) is 11.5 Å². The van der Waals surface area contributed by atoms with Gasteiger partial charge in [0.05, 0.1) is 28.4 Å². The number of nitrogens with one attached hydrogen (secondary N) is 1. The van der Waals surface area contributed by atoms with Crippen LogP contribution in [-0.2, 0) is 21.4 Å². The molecule has 218 valence electrons. The molecular weight excluding hydrogens is 733 g/mol. The van der Waals surface area contributed by atoms with Gasteiger partial charge in [-0.1, -0.05) is 69.5 Å². The average Bonchev–Trinajstić information content (AvgIpc) is 2.96. The van der Waals surface area contributed by atoms with E-state index in [1.54, 1.807) is 72.8 Å². The van der Waals surface area contributed by atoms with Gasteiger partial charge in [0, 0.05) is 20.1 Å². The van der Waals surface area contributed by atoms with Gasteiger partial charge in [0.25, 0.3) is 15.9 Å². The van der Waals surface area contributed by atoms with Crippen LogP contribution in [0.3, 0.4) is 0 Å². The molecule has 0 spiro atoms. The zero-order chi connectivity index (χ0) is 30.3. The molecule has 13 heteroatoms. The summed E-state index contributed by atoms with van der Waals surface area (Å²) in [6, 6.07) is 23.1. The van der Waals surface area contributed by atoms with E-state index >= 15 is 0 Å². The van der Waals surface area contributed by atoms with Crippen molar-refractivity contribution >= 4 is 82.9 Å². The minimum Gasteiger partial charge on any atom is -0.493 e. The van der Waals surface area contributed by atoms with Gasteiger partial charge in [-0.3, -0.25) is 9.10 Å². The molecule has 4 rings (SSSR count). The van der Waals surface area contributed by atoms with Crippen molar-refractivity contribution in [3.8, 4) is 11.5 Å². The molecule has 0 bridgehead atoms. The topological polar surface area (TPSA) is 97.3 Å². The lowest BCUT2D eigenvalue weighted by atomic mass is 10.2. The fraction of sp³-hybridized carbons (Fsp3) is 0.103. The van der Waals surface area contributed by atoms with E-state index in [1.807, 2.05) is 0 Å². The van der Waals surface area contributed by atoms with Crippen LogP contribution in [0.5, 0.6) is 11.5 Å². The first-order chi connectivity index (χ1) is 20.1. The number of carbonyl (C=O) groups excluding carboxylic acids is 1. The minimum atomic E-state index is -4.04. The Morgan fingerprint density at radius 2 is 1.76 bits per heavy atom. The predicted molar refractivity (Wildman–Crippen MR) is 172 cm³/mol. The van der Waals surface area contributed by atoms with Crippen molar-refractivity contribution in [1.82, 2.24) is 5.43 Å². The van der Waals surface area contributed by atoms with Gasteiger partial charge in [0.2, 0.25) is 0 Å². The average molecular weight is 756 g/mol. The molecule has 0 aliphatic carbocycles. The summed E-state index contributed by atoms with van der Waals surface area (Å²) in [7, 11) is -2.55. The van der Waals surface area contributed by atoms with E-state index in [9.17, 15) is 13.2 Å². The largest absolute Gasteiger partial charge is 0.493 e. The van der Waals surface area contributed by atoms with Crippen molar-refractivity contribution in [3.63, 3.8) is 0 Å². The minimum absolute atomic E-state index is 0.0545. The second kappa shape index (κ2) is 14.4. The van der Waals surface area contributed by atoms with E-state index in [-0.39, 0.29) is 11.5 Å². The van der Waals surface area contributed by atoms with Crippen molar-refractivity contribution in [2.75, 3.05) is 18.0 Å². The molecule has 0 atom stereocenters. The second-order valence-corrected chi connectivity index (χ2v) is 13.1. The molecule has 0 aliphatic heterocycles. The number of methoxy groups -OCH3 is 1. The molecule has 0 unspecified atom stereocenters. The number of ether oxygens (including phenoxy) is 2. The van der Waals surface area contributed by atoms with Gasteiger partial charge in [0.15, 0.2) is 11.5 Å². The van der Waals surface area contributed by atoms with Crippen LogP contribution in [0.15, 0.2) is 104 Å². The quantitative estimate of drug-likeness (QED) is 0.127. The van der Waals surface area contributed by atoms with Crippen LogP contribution in [0.2, 0.25) is 10.0 Å². The Morgan fingerprint density at radius 1 is 1.00 bits per heavy atom. The SMILES string of the molecule is COc1cc(C=NNC(=O)CN(c2cccc(Br)c2)S(=O)(=O)c2ccccc2)cc(Br)c1OCc1ccc(Cl)cc1Cl. The number of nitrogens with zero attached hydrogens (tertiary/aromatic N) is 2. The number of benzene rings is 4. The molecule has 0 fully saturated rings. The van der Waals surface area contributed by atoms with E-state index in [0.717, 1.165) is 9.87 Å². The summed E-state index contributed by atoms with van der Waals surface area (Å²) in [6.45, 7) is -0.326. The third-order valence-electron chi connectivity index (χ3n) is 5.76. The highest BCUT2D eigenvalue weighted by Crippen LogP contribution is 2.37. The molecule has 0 heterocycles. The van der Waals surface area contributed by atoms with Crippen molar-refractivity contribution < 1.29 is 22.7 Å². The Hall–Kier alpha value is -3.09. The van der Waals surface area contributed by atoms with Crippen molar-refractivity contribution in [1.29, 1.82) is 0 Å². The molecule has 0 saturated carbocycles. The number of sulfonamides is 1. The molecule has 42 heavy (non-hydrogen) atoms. The Morgan fingerprint density at radius 3 is 2.45 bits per heavy atom. The second-order valence-electron chi connectivity index (χ2n) is 8.66. The highest BCUT2D eigenvalue weighted by molar-refractivity contribution is 9.10. The van der Waals surface area contributed by atoms with Crippen LogP contribution < -0.4 is 19.2 Å². The Balaban J connectivity index is 1.48. The van der Waals surface area contributed by atoms with E-state index in [1.165, 1.54) is 25.5 Å². The van der Waals surface area contributed by atoms with Crippen LogP contribution >= 0.6 is 55.1 Å². The predicted octanol–water partition coefficient (Wildman–Crippen LogP) is 7.45. The summed E-state index contributed by atoms with van der Waals surface area (Å²) in [4.78, 5) is 12.9. The molecule has 0 aromatic heterocycles. The summed E-state index contributed by atoms with van der Waals surface area (Å²) in [5.74, 6) is 0.217. The first-order valence-corrected chi connectivity index (χ1v) is 16.0. The number of rotatable bonds is 11. The first kappa shape index (κ1) is 31.8. The third kappa shape index (κ3) is 8.05. The molecule has 1 amide bonds. The molecule has 0 aliphatic rings. The van der Waals surface area contributed by atoms with Crippen molar-refractivity contribution in [2.24, 2.45) is 5.10 Å². The van der Waals surface area contributed by atoms with Crippen LogP contribution in [-0.4, -0.2) is 34.2 Å². The van der Waals surface area contributed by atoms with E-state index < -0.39 is 22.5 Å². The van der Waals surface area contributed by atoms with Gasteiger partial charge in [-0.15, -0.1) is 0 Å². The molecule has 4 aromatic carbocycles. The van der Waals surface area contributed by atoms with E-state index in [2.05, 4.69) is 42.4 Å². The summed E-state index contributed by atoms with van der Waals surface area (Å²) in [5, 5.41) is 5.02. The third-order valence-corrected chi connectivity index (χ3v) is 9.21. The highest BCUT2D eigenvalue weighted by Gasteiger charge is 2.27. The number of amides is 1. The lowest BCUT2D eigenvalue weighted by Gasteiger charge is -2.23.